The van der Waals surface area contributed by atoms with Crippen LogP contribution in [-0.4, -0.2) is 73.7 Å². The van der Waals surface area contributed by atoms with Gasteiger partial charge in [-0.05, 0) is 44.0 Å². The minimum atomic E-state index is -5.08. The zero-order valence-electron chi connectivity index (χ0n) is 23.3. The van der Waals surface area contributed by atoms with E-state index in [9.17, 15) is 32.3 Å². The van der Waals surface area contributed by atoms with Gasteiger partial charge in [-0.15, -0.1) is 0 Å². The first-order valence-electron chi connectivity index (χ1n) is 13.5. The van der Waals surface area contributed by atoms with E-state index in [4.69, 9.17) is 9.90 Å². The molecular formula is C28H26F3N7O6. The van der Waals surface area contributed by atoms with Crippen molar-refractivity contribution in [2.24, 2.45) is 12.5 Å². The molecule has 230 valence electrons. The third kappa shape index (κ3) is 5.78. The van der Waals surface area contributed by atoms with Gasteiger partial charge in [0.1, 0.15) is 6.04 Å². The minimum Gasteiger partial charge on any atom is -0.475 e. The van der Waals surface area contributed by atoms with E-state index in [1.54, 1.807) is 42.5 Å². The lowest BCUT2D eigenvalue weighted by Gasteiger charge is -2.21. The number of carbonyl (C=O) groups is 4. The first kappa shape index (κ1) is 30.4. The van der Waals surface area contributed by atoms with E-state index >= 15 is 0 Å². The molecule has 0 radical (unpaired) electrons. The molecular weight excluding hydrogens is 587 g/mol. The number of anilines is 1. The molecule has 3 aliphatic heterocycles. The molecule has 44 heavy (non-hydrogen) atoms. The molecule has 3 amide bonds. The number of imide groups is 1. The summed E-state index contributed by atoms with van der Waals surface area (Å²) in [6.45, 7) is 2.18. The number of alkyl halides is 3. The van der Waals surface area contributed by atoms with E-state index in [2.05, 4.69) is 32.4 Å². The molecule has 2 aromatic heterocycles. The second-order valence-electron chi connectivity index (χ2n) is 10.6. The fraction of sp³-hybridized carbons (Fsp3) is 0.393. The van der Waals surface area contributed by atoms with E-state index in [-0.39, 0.29) is 35.8 Å². The Morgan fingerprint density at radius 1 is 1.07 bits per heavy atom. The summed E-state index contributed by atoms with van der Waals surface area (Å²) >= 11 is 0. The van der Waals surface area contributed by atoms with Crippen LogP contribution in [0.3, 0.4) is 0 Å². The molecule has 1 aromatic carbocycles. The summed E-state index contributed by atoms with van der Waals surface area (Å²) in [5.74, 6) is 3.03. The fourth-order valence-electron chi connectivity index (χ4n) is 5.49. The van der Waals surface area contributed by atoms with E-state index in [0.29, 0.717) is 41.2 Å². The van der Waals surface area contributed by atoms with E-state index in [1.807, 2.05) is 0 Å². The zero-order chi connectivity index (χ0) is 31.8. The Balaban J connectivity index is 0.000000493. The van der Waals surface area contributed by atoms with Gasteiger partial charge in [-0.2, -0.15) is 13.2 Å². The lowest BCUT2D eigenvalue weighted by molar-refractivity contribution is -0.192. The van der Waals surface area contributed by atoms with Gasteiger partial charge in [-0.25, -0.2) is 19.6 Å². The Labute approximate surface area is 247 Å². The molecule has 3 saturated heterocycles. The maximum atomic E-state index is 12.9. The van der Waals surface area contributed by atoms with Crippen LogP contribution in [0.5, 0.6) is 0 Å². The first-order chi connectivity index (χ1) is 20.8. The number of aryl methyl sites for hydroxylation is 1. The van der Waals surface area contributed by atoms with Crippen LogP contribution in [0.25, 0.3) is 11.0 Å². The number of carbonyl (C=O) groups excluding carboxylic acids is 3. The molecule has 3 aromatic rings. The van der Waals surface area contributed by atoms with Gasteiger partial charge in [0.15, 0.2) is 0 Å². The molecule has 2 unspecified atom stereocenters. The predicted molar refractivity (Wildman–Crippen MR) is 147 cm³/mol. The van der Waals surface area contributed by atoms with Crippen LogP contribution in [0.15, 0.2) is 35.4 Å². The topological polar surface area (TPSA) is 169 Å². The molecule has 5 heterocycles. The Morgan fingerprint density at radius 3 is 2.36 bits per heavy atom. The van der Waals surface area contributed by atoms with Crippen LogP contribution in [0.1, 0.15) is 42.9 Å². The molecule has 0 aliphatic carbocycles. The highest BCUT2D eigenvalue weighted by Gasteiger charge is 2.49. The van der Waals surface area contributed by atoms with E-state index in [1.165, 1.54) is 9.13 Å². The molecule has 0 bridgehead atoms. The Bertz CT molecular complexity index is 1780. The summed E-state index contributed by atoms with van der Waals surface area (Å²) < 4.78 is 34.6. The highest BCUT2D eigenvalue weighted by molar-refractivity contribution is 6.00. The second kappa shape index (κ2) is 11.6. The maximum Gasteiger partial charge on any atom is 0.490 e. The Hall–Kier alpha value is -5.04. The molecule has 3 aliphatic rings. The van der Waals surface area contributed by atoms with Crippen LogP contribution >= 0.6 is 0 Å². The van der Waals surface area contributed by atoms with Crippen LogP contribution in [-0.2, 0) is 26.2 Å². The summed E-state index contributed by atoms with van der Waals surface area (Å²) in [6, 6.07) is 4.60. The molecule has 0 saturated carbocycles. The van der Waals surface area contributed by atoms with Crippen molar-refractivity contribution in [1.29, 1.82) is 0 Å². The standard InChI is InChI=1S/C26H25N7O4.C2HF3O2/c1-31-20-12-16(4-5-18(20)33(25(31)37)19-6-7-21(34)30-22(19)35)2-3-17-13-28-24(29-14-17)32-11-9-26(23(32)36)8-10-27-15-26;3-2(4,5)1(6)7/h4-5,12-14,19,27H,6-11,15H2,1H3,(H,30,34,35);(H,6,7). The molecule has 3 N–H and O–H groups in total. The lowest BCUT2D eigenvalue weighted by atomic mass is 9.86. The quantitative estimate of drug-likeness (QED) is 0.280. The zero-order valence-corrected chi connectivity index (χ0v) is 23.3. The lowest BCUT2D eigenvalue weighted by Crippen LogP contribution is -2.44. The van der Waals surface area contributed by atoms with E-state index < -0.39 is 24.1 Å². The van der Waals surface area contributed by atoms with Crippen LogP contribution in [0, 0.1) is 17.3 Å². The molecule has 2 atom stereocenters. The van der Waals surface area contributed by atoms with Gasteiger partial charge in [-0.3, -0.25) is 33.7 Å². The number of halogens is 3. The second-order valence-corrected chi connectivity index (χ2v) is 10.6. The summed E-state index contributed by atoms with van der Waals surface area (Å²) in [6.07, 6.45) is 0.247. The number of benzene rings is 1. The Morgan fingerprint density at radius 2 is 1.75 bits per heavy atom. The normalized spacial score (nSPS) is 21.6. The maximum absolute atomic E-state index is 12.9. The van der Waals surface area contributed by atoms with Crippen LogP contribution in [0.4, 0.5) is 19.1 Å². The number of aromatic nitrogens is 4. The SMILES string of the molecule is Cn1c(=O)n(C2CCC(=O)NC2=O)c2ccc(C#Cc3cnc(N4CCC5(CCNC5)C4=O)nc3)cc21.O=C(O)C(F)(F)F. The van der Waals surface area contributed by atoms with Gasteiger partial charge in [0.25, 0.3) is 0 Å². The molecule has 1 spiro atoms. The monoisotopic (exact) mass is 613 g/mol. The highest BCUT2D eigenvalue weighted by atomic mass is 19.4. The van der Waals surface area contributed by atoms with Crippen molar-refractivity contribution in [3.63, 3.8) is 0 Å². The number of hydrogen-bond donors (Lipinski definition) is 3. The van der Waals surface area contributed by atoms with Gasteiger partial charge in [-0.1, -0.05) is 11.8 Å². The van der Waals surface area contributed by atoms with Gasteiger partial charge in [0.2, 0.25) is 23.7 Å². The van der Waals surface area contributed by atoms with Crippen molar-refractivity contribution in [1.82, 2.24) is 29.7 Å². The van der Waals surface area contributed by atoms with Gasteiger partial charge in [0, 0.05) is 44.5 Å². The third-order valence-corrected chi connectivity index (χ3v) is 7.84. The van der Waals surface area contributed by atoms with Crippen molar-refractivity contribution >= 4 is 40.7 Å². The van der Waals surface area contributed by atoms with Crippen molar-refractivity contribution < 1.29 is 37.5 Å². The van der Waals surface area contributed by atoms with Crippen LogP contribution in [0.2, 0.25) is 0 Å². The number of hydrogen-bond acceptors (Lipinski definition) is 8. The molecule has 3 fully saturated rings. The smallest absolute Gasteiger partial charge is 0.475 e. The van der Waals surface area contributed by atoms with Gasteiger partial charge >= 0.3 is 17.8 Å². The summed E-state index contributed by atoms with van der Waals surface area (Å²) in [7, 11) is 1.64. The number of piperidine rings is 1. The highest BCUT2D eigenvalue weighted by Crippen LogP contribution is 2.38. The Kier molecular flexibility index (Phi) is 8.00. The molecule has 6 rings (SSSR count). The number of imidazole rings is 1. The average Bonchev–Trinajstić information content (AvgIpc) is 3.66. The summed E-state index contributed by atoms with van der Waals surface area (Å²) in [4.78, 5) is 69.1. The van der Waals surface area contributed by atoms with Crippen LogP contribution < -0.4 is 21.2 Å². The number of aliphatic carboxylic acids is 1. The molecule has 16 heteroatoms. The summed E-state index contributed by atoms with van der Waals surface area (Å²) in [5.41, 5.74) is 1.87. The minimum absolute atomic E-state index is 0.0829. The third-order valence-electron chi connectivity index (χ3n) is 7.84. The van der Waals surface area contributed by atoms with Crippen molar-refractivity contribution in [3.05, 3.63) is 52.2 Å². The van der Waals surface area contributed by atoms with Gasteiger partial charge in [0.05, 0.1) is 22.0 Å². The number of carboxylic acid groups (broad SMARTS) is 1. The van der Waals surface area contributed by atoms with E-state index in [0.717, 1.165) is 19.4 Å². The number of nitrogens with one attached hydrogen (secondary N) is 2. The number of rotatable bonds is 2. The average molecular weight is 614 g/mol. The van der Waals surface area contributed by atoms with Gasteiger partial charge < -0.3 is 10.4 Å². The fourth-order valence-corrected chi connectivity index (χ4v) is 5.49. The van der Waals surface area contributed by atoms with Crippen molar-refractivity contribution in [3.8, 4) is 11.8 Å². The predicted octanol–water partition coefficient (Wildman–Crippen LogP) is 0.857. The largest absolute Gasteiger partial charge is 0.490 e. The first-order valence-corrected chi connectivity index (χ1v) is 13.5. The van der Waals surface area contributed by atoms with Crippen molar-refractivity contribution in [2.45, 2.75) is 37.9 Å². The molecule has 13 nitrogen and oxygen atoms in total. The number of carboxylic acids is 1. The summed E-state index contributed by atoms with van der Waals surface area (Å²) in [5, 5.41) is 12.7. The number of nitrogens with zero attached hydrogens (tertiary/aromatic N) is 5. The van der Waals surface area contributed by atoms with Crippen molar-refractivity contribution in [2.75, 3.05) is 24.5 Å². The number of amides is 3. The number of fused-ring (bicyclic) bond motifs is 1.